The van der Waals surface area contributed by atoms with E-state index < -0.39 is 0 Å². The average molecular weight is 213 g/mol. The van der Waals surface area contributed by atoms with Crippen LogP contribution in [0.2, 0.25) is 0 Å². The minimum atomic E-state index is 0.0775. The van der Waals surface area contributed by atoms with Crippen molar-refractivity contribution in [2.75, 3.05) is 6.54 Å². The Labute approximate surface area is 98.5 Å². The standard InChI is InChI=1S/C15H19N/c1-14(2,3)16-12-15(16,4)11-10-13-8-6-5-7-9-13/h5-9H,12H2,1-4H3. The van der Waals surface area contributed by atoms with Gasteiger partial charge in [-0.2, -0.15) is 0 Å². The Kier molecular flexibility index (Phi) is 2.56. The van der Waals surface area contributed by atoms with E-state index in [0.29, 0.717) is 0 Å². The molecule has 0 bridgehead atoms. The molecule has 1 saturated heterocycles. The minimum absolute atomic E-state index is 0.0775. The molecule has 1 aliphatic heterocycles. The summed E-state index contributed by atoms with van der Waals surface area (Å²) in [4.78, 5) is 2.43. The summed E-state index contributed by atoms with van der Waals surface area (Å²) in [5, 5.41) is 0. The van der Waals surface area contributed by atoms with Crippen molar-refractivity contribution in [3.8, 4) is 11.8 Å². The molecule has 1 aliphatic rings. The second-order valence-corrected chi connectivity index (χ2v) is 5.65. The topological polar surface area (TPSA) is 3.01 Å². The second-order valence-electron chi connectivity index (χ2n) is 5.65. The fourth-order valence-corrected chi connectivity index (χ4v) is 2.09. The van der Waals surface area contributed by atoms with Gasteiger partial charge in [-0.05, 0) is 39.8 Å². The molecule has 2 atom stereocenters. The van der Waals surface area contributed by atoms with Crippen molar-refractivity contribution >= 4 is 0 Å². The molecule has 1 fully saturated rings. The molecule has 84 valence electrons. The quantitative estimate of drug-likeness (QED) is 0.473. The molecular weight excluding hydrogens is 194 g/mol. The molecule has 0 N–H and O–H groups in total. The third-order valence-electron chi connectivity index (χ3n) is 3.02. The lowest BCUT2D eigenvalue weighted by molar-refractivity contribution is 0.272. The Bertz CT molecular complexity index is 430. The zero-order chi connectivity index (χ0) is 11.8. The molecule has 2 unspecified atom stereocenters. The van der Waals surface area contributed by atoms with Gasteiger partial charge in [0.2, 0.25) is 0 Å². The molecule has 0 aromatic heterocycles. The fourth-order valence-electron chi connectivity index (χ4n) is 2.09. The normalized spacial score (nSPS) is 28.1. The van der Waals surface area contributed by atoms with E-state index in [2.05, 4.69) is 56.6 Å². The van der Waals surface area contributed by atoms with Crippen LogP contribution in [0.4, 0.5) is 0 Å². The van der Waals surface area contributed by atoms with Gasteiger partial charge in [0, 0.05) is 17.6 Å². The highest BCUT2D eigenvalue weighted by Gasteiger charge is 2.51. The first-order valence-electron chi connectivity index (χ1n) is 5.78. The summed E-state index contributed by atoms with van der Waals surface area (Å²) >= 11 is 0. The van der Waals surface area contributed by atoms with Crippen LogP contribution in [0.3, 0.4) is 0 Å². The zero-order valence-corrected chi connectivity index (χ0v) is 10.5. The Balaban J connectivity index is 2.11. The van der Waals surface area contributed by atoms with Crippen molar-refractivity contribution in [2.24, 2.45) is 0 Å². The van der Waals surface area contributed by atoms with Crippen molar-refractivity contribution < 1.29 is 0 Å². The predicted octanol–water partition coefficient (Wildman–Crippen LogP) is 2.91. The van der Waals surface area contributed by atoms with Gasteiger partial charge < -0.3 is 0 Å². The summed E-state index contributed by atoms with van der Waals surface area (Å²) < 4.78 is 0. The fraction of sp³-hybridized carbons (Fsp3) is 0.467. The molecule has 1 heteroatoms. The third kappa shape index (κ3) is 2.28. The maximum atomic E-state index is 3.38. The first kappa shape index (κ1) is 11.2. The summed E-state index contributed by atoms with van der Waals surface area (Å²) in [6.45, 7) is 10.0. The largest absolute Gasteiger partial charge is 0.279 e. The van der Waals surface area contributed by atoms with E-state index in [-0.39, 0.29) is 11.1 Å². The van der Waals surface area contributed by atoms with Gasteiger partial charge in [0.25, 0.3) is 0 Å². The summed E-state index contributed by atoms with van der Waals surface area (Å²) in [7, 11) is 0. The van der Waals surface area contributed by atoms with Crippen LogP contribution in [-0.4, -0.2) is 22.5 Å². The monoisotopic (exact) mass is 213 g/mol. The van der Waals surface area contributed by atoms with Gasteiger partial charge in [-0.15, -0.1) is 0 Å². The average Bonchev–Trinajstić information content (AvgIpc) is 2.90. The number of benzene rings is 1. The van der Waals surface area contributed by atoms with E-state index in [9.17, 15) is 0 Å². The van der Waals surface area contributed by atoms with E-state index in [1.807, 2.05) is 18.2 Å². The maximum Gasteiger partial charge on any atom is 0.0935 e. The van der Waals surface area contributed by atoms with Crippen molar-refractivity contribution in [3.63, 3.8) is 0 Å². The van der Waals surface area contributed by atoms with E-state index in [0.717, 1.165) is 12.1 Å². The summed E-state index contributed by atoms with van der Waals surface area (Å²) in [6, 6.07) is 10.2. The summed E-state index contributed by atoms with van der Waals surface area (Å²) in [6.07, 6.45) is 0. The van der Waals surface area contributed by atoms with Crippen LogP contribution in [0.25, 0.3) is 0 Å². The summed E-state index contributed by atoms with van der Waals surface area (Å²) in [5.41, 5.74) is 1.40. The maximum absolute atomic E-state index is 3.38. The lowest BCUT2D eigenvalue weighted by atomic mass is 10.1. The van der Waals surface area contributed by atoms with E-state index in [4.69, 9.17) is 0 Å². The predicted molar refractivity (Wildman–Crippen MR) is 68.2 cm³/mol. The van der Waals surface area contributed by atoms with Crippen LogP contribution < -0.4 is 0 Å². The van der Waals surface area contributed by atoms with E-state index in [1.54, 1.807) is 0 Å². The van der Waals surface area contributed by atoms with Crippen LogP contribution >= 0.6 is 0 Å². The number of rotatable bonds is 0. The second kappa shape index (κ2) is 3.64. The molecule has 0 amide bonds. The van der Waals surface area contributed by atoms with Gasteiger partial charge in [0.1, 0.15) is 0 Å². The molecule has 0 radical (unpaired) electrons. The summed E-state index contributed by atoms with van der Waals surface area (Å²) in [5.74, 6) is 6.64. The Hall–Kier alpha value is -1.26. The third-order valence-corrected chi connectivity index (χ3v) is 3.02. The molecule has 1 heterocycles. The molecule has 1 aromatic carbocycles. The van der Waals surface area contributed by atoms with Gasteiger partial charge in [-0.1, -0.05) is 30.0 Å². The van der Waals surface area contributed by atoms with Crippen molar-refractivity contribution in [1.29, 1.82) is 0 Å². The Morgan fingerprint density at radius 3 is 2.31 bits per heavy atom. The van der Waals surface area contributed by atoms with Gasteiger partial charge in [0.15, 0.2) is 0 Å². The lowest BCUT2D eigenvalue weighted by Gasteiger charge is -2.22. The van der Waals surface area contributed by atoms with Gasteiger partial charge in [-0.3, -0.25) is 4.90 Å². The highest BCUT2D eigenvalue weighted by molar-refractivity contribution is 5.39. The smallest absolute Gasteiger partial charge is 0.0935 e. The van der Waals surface area contributed by atoms with E-state index >= 15 is 0 Å². The minimum Gasteiger partial charge on any atom is -0.279 e. The molecular formula is C15H19N. The van der Waals surface area contributed by atoms with Crippen LogP contribution in [0.15, 0.2) is 30.3 Å². The van der Waals surface area contributed by atoms with Crippen molar-refractivity contribution in [1.82, 2.24) is 4.90 Å². The lowest BCUT2D eigenvalue weighted by Crippen LogP contribution is -2.30. The number of nitrogens with zero attached hydrogens (tertiary/aromatic N) is 1. The van der Waals surface area contributed by atoms with Crippen LogP contribution in [0.5, 0.6) is 0 Å². The molecule has 2 rings (SSSR count). The van der Waals surface area contributed by atoms with Crippen molar-refractivity contribution in [3.05, 3.63) is 35.9 Å². The molecule has 1 nitrogen and oxygen atoms in total. The highest BCUT2D eigenvalue weighted by atomic mass is 15.4. The van der Waals surface area contributed by atoms with Crippen LogP contribution in [-0.2, 0) is 0 Å². The van der Waals surface area contributed by atoms with E-state index in [1.165, 1.54) is 0 Å². The van der Waals surface area contributed by atoms with Gasteiger partial charge in [0.05, 0.1) is 5.54 Å². The molecule has 0 aliphatic carbocycles. The SMILES string of the molecule is CC(C)(C)N1CC1(C)C#Cc1ccccc1. The van der Waals surface area contributed by atoms with Gasteiger partial charge in [-0.25, -0.2) is 0 Å². The molecule has 1 aromatic rings. The van der Waals surface area contributed by atoms with Gasteiger partial charge >= 0.3 is 0 Å². The Morgan fingerprint density at radius 2 is 1.81 bits per heavy atom. The molecule has 16 heavy (non-hydrogen) atoms. The van der Waals surface area contributed by atoms with Crippen molar-refractivity contribution in [2.45, 2.75) is 38.8 Å². The number of hydrogen-bond acceptors (Lipinski definition) is 1. The van der Waals surface area contributed by atoms with Crippen LogP contribution in [0.1, 0.15) is 33.3 Å². The number of hydrogen-bond donors (Lipinski definition) is 0. The van der Waals surface area contributed by atoms with Crippen LogP contribution in [0, 0.1) is 11.8 Å². The Morgan fingerprint density at radius 1 is 1.19 bits per heavy atom. The first-order valence-corrected chi connectivity index (χ1v) is 5.78. The molecule has 0 saturated carbocycles. The first-order chi connectivity index (χ1) is 7.42. The highest BCUT2D eigenvalue weighted by Crippen LogP contribution is 2.38. The molecule has 0 spiro atoms. The zero-order valence-electron chi connectivity index (χ0n) is 10.5.